The minimum atomic E-state index is -0.283. The zero-order valence-electron chi connectivity index (χ0n) is 10.5. The Morgan fingerprint density at radius 2 is 2.10 bits per heavy atom. The average Bonchev–Trinajstić information content (AvgIpc) is 3.17. The number of nitrogens with one attached hydrogen (secondary N) is 1. The van der Waals surface area contributed by atoms with E-state index in [-0.39, 0.29) is 5.56 Å². The predicted molar refractivity (Wildman–Crippen MR) is 82.4 cm³/mol. The Morgan fingerprint density at radius 1 is 1.19 bits per heavy atom. The maximum atomic E-state index is 12.1. The summed E-state index contributed by atoms with van der Waals surface area (Å²) in [7, 11) is 0. The van der Waals surface area contributed by atoms with Crippen LogP contribution >= 0.6 is 22.7 Å². The fraction of sp³-hybridized carbons (Fsp3) is 0. The Balaban J connectivity index is 1.99. The van der Waals surface area contributed by atoms with Gasteiger partial charge in [0, 0.05) is 0 Å². The van der Waals surface area contributed by atoms with E-state index in [0.29, 0.717) is 22.3 Å². The van der Waals surface area contributed by atoms with Gasteiger partial charge in [-0.15, -0.1) is 32.9 Å². The van der Waals surface area contributed by atoms with Crippen LogP contribution in [0, 0.1) is 0 Å². The fourth-order valence-corrected chi connectivity index (χ4v) is 3.41. The Morgan fingerprint density at radius 3 is 2.81 bits per heavy atom. The normalized spacial score (nSPS) is 11.2. The first-order valence-corrected chi connectivity index (χ1v) is 7.67. The number of hydrogen-bond acceptors (Lipinski definition) is 7. The second-order valence-corrected chi connectivity index (χ2v) is 6.30. The van der Waals surface area contributed by atoms with Crippen molar-refractivity contribution in [3.8, 4) is 21.3 Å². The van der Waals surface area contributed by atoms with Gasteiger partial charge in [0.05, 0.1) is 14.8 Å². The number of nitrogen functional groups attached to an aromatic ring is 1. The van der Waals surface area contributed by atoms with Crippen LogP contribution in [0.1, 0.15) is 0 Å². The molecule has 0 saturated carbocycles. The molecule has 0 aliphatic rings. The van der Waals surface area contributed by atoms with Gasteiger partial charge < -0.3 is 5.73 Å². The quantitative estimate of drug-likeness (QED) is 0.587. The number of aromatic nitrogens is 5. The van der Waals surface area contributed by atoms with Crippen LogP contribution in [0.25, 0.3) is 27.1 Å². The molecule has 0 atom stereocenters. The highest BCUT2D eigenvalue weighted by atomic mass is 32.1. The summed E-state index contributed by atoms with van der Waals surface area (Å²) in [5, 5.41) is 15.0. The van der Waals surface area contributed by atoms with Crippen LogP contribution in [-0.4, -0.2) is 24.8 Å². The fourth-order valence-electron chi connectivity index (χ4n) is 1.96. The molecule has 0 aliphatic heterocycles. The van der Waals surface area contributed by atoms with E-state index in [1.807, 2.05) is 23.6 Å². The van der Waals surface area contributed by atoms with E-state index in [4.69, 9.17) is 5.73 Å². The molecule has 0 spiro atoms. The number of anilines is 1. The molecule has 21 heavy (non-hydrogen) atoms. The summed E-state index contributed by atoms with van der Waals surface area (Å²) in [6.07, 6.45) is 0. The molecule has 4 aromatic rings. The summed E-state index contributed by atoms with van der Waals surface area (Å²) < 4.78 is 1.53. The summed E-state index contributed by atoms with van der Waals surface area (Å²) >= 11 is 2.85. The largest absolute Gasteiger partial charge is 0.391 e. The molecule has 7 nitrogen and oxygen atoms in total. The van der Waals surface area contributed by atoms with Gasteiger partial charge in [-0.25, -0.2) is 0 Å². The summed E-state index contributed by atoms with van der Waals surface area (Å²) in [4.78, 5) is 16.4. The third-order valence-electron chi connectivity index (χ3n) is 2.88. The van der Waals surface area contributed by atoms with E-state index in [9.17, 15) is 4.79 Å². The van der Waals surface area contributed by atoms with Gasteiger partial charge in [0.25, 0.3) is 11.3 Å². The van der Waals surface area contributed by atoms with Crippen molar-refractivity contribution in [3.05, 3.63) is 40.0 Å². The number of nitrogens with two attached hydrogens (primary N) is 1. The molecule has 0 fully saturated rings. The van der Waals surface area contributed by atoms with Crippen molar-refractivity contribution in [2.45, 2.75) is 0 Å². The summed E-state index contributed by atoms with van der Waals surface area (Å²) in [5.74, 6) is 0.864. The van der Waals surface area contributed by atoms with Crippen molar-refractivity contribution in [1.29, 1.82) is 0 Å². The zero-order chi connectivity index (χ0) is 14.4. The second-order valence-electron chi connectivity index (χ2n) is 4.24. The summed E-state index contributed by atoms with van der Waals surface area (Å²) in [6.45, 7) is 0. The van der Waals surface area contributed by atoms with E-state index in [0.717, 1.165) is 9.75 Å². The molecule has 0 bridgehead atoms. The Labute approximate surface area is 125 Å². The minimum absolute atomic E-state index is 0.283. The number of hydrogen-bond donors (Lipinski definition) is 2. The average molecular weight is 316 g/mol. The van der Waals surface area contributed by atoms with Gasteiger partial charge in [0.2, 0.25) is 0 Å². The molecule has 0 aliphatic carbocycles. The summed E-state index contributed by atoms with van der Waals surface area (Å²) in [6, 6.07) is 7.38. The number of rotatable bonds is 2. The molecule has 4 rings (SSSR count). The molecule has 0 saturated heterocycles. The lowest BCUT2D eigenvalue weighted by molar-refractivity contribution is 0.902. The predicted octanol–water partition coefficient (Wildman–Crippen LogP) is 1.85. The molecular weight excluding hydrogens is 308 g/mol. The number of nitrogens with zero attached hydrogens (tertiary/aromatic N) is 4. The van der Waals surface area contributed by atoms with Crippen molar-refractivity contribution in [2.75, 3.05) is 5.73 Å². The number of thiophene rings is 2. The van der Waals surface area contributed by atoms with Gasteiger partial charge >= 0.3 is 0 Å². The lowest BCUT2D eigenvalue weighted by Crippen LogP contribution is -2.14. The van der Waals surface area contributed by atoms with Crippen molar-refractivity contribution >= 4 is 33.5 Å². The number of aromatic amines is 1. The van der Waals surface area contributed by atoms with Gasteiger partial charge in [-0.1, -0.05) is 6.07 Å². The molecule has 4 aromatic heterocycles. The van der Waals surface area contributed by atoms with Crippen LogP contribution < -0.4 is 11.3 Å². The second kappa shape index (κ2) is 4.50. The molecule has 3 N–H and O–H groups in total. The first-order chi connectivity index (χ1) is 10.2. The van der Waals surface area contributed by atoms with Crippen LogP contribution in [0.2, 0.25) is 0 Å². The van der Waals surface area contributed by atoms with Crippen LogP contribution in [-0.2, 0) is 0 Å². The van der Waals surface area contributed by atoms with E-state index in [2.05, 4.69) is 20.3 Å². The lowest BCUT2D eigenvalue weighted by Gasteiger charge is -1.99. The first kappa shape index (κ1) is 12.2. The molecule has 0 amide bonds. The first-order valence-electron chi connectivity index (χ1n) is 5.97. The van der Waals surface area contributed by atoms with E-state index in [1.54, 1.807) is 6.07 Å². The highest BCUT2D eigenvalue weighted by Gasteiger charge is 2.15. The van der Waals surface area contributed by atoms with Crippen molar-refractivity contribution < 1.29 is 0 Å². The Kier molecular flexibility index (Phi) is 2.62. The standard InChI is InChI=1S/C12H8N6OS2/c13-8-4-3-7(21-8)10-15-16-12-14-11(19)9(17-18(10)12)6-2-1-5-20-6/h1-5H,13H2,(H,14,16,19). The molecular formula is C12H8N6OS2. The van der Waals surface area contributed by atoms with Crippen molar-refractivity contribution in [1.82, 2.24) is 24.8 Å². The van der Waals surface area contributed by atoms with Crippen LogP contribution in [0.3, 0.4) is 0 Å². The highest BCUT2D eigenvalue weighted by molar-refractivity contribution is 7.19. The van der Waals surface area contributed by atoms with Crippen LogP contribution in [0.5, 0.6) is 0 Å². The van der Waals surface area contributed by atoms with E-state index < -0.39 is 0 Å². The maximum Gasteiger partial charge on any atom is 0.279 e. The van der Waals surface area contributed by atoms with Gasteiger partial charge in [-0.3, -0.25) is 9.78 Å². The smallest absolute Gasteiger partial charge is 0.279 e. The zero-order valence-corrected chi connectivity index (χ0v) is 12.1. The number of fused-ring (bicyclic) bond motifs is 1. The maximum absolute atomic E-state index is 12.1. The van der Waals surface area contributed by atoms with E-state index >= 15 is 0 Å². The molecule has 0 radical (unpaired) electrons. The van der Waals surface area contributed by atoms with Gasteiger partial charge in [0.15, 0.2) is 11.5 Å². The van der Waals surface area contributed by atoms with Crippen LogP contribution in [0.4, 0.5) is 5.00 Å². The Hall–Kier alpha value is -2.52. The summed E-state index contributed by atoms with van der Waals surface area (Å²) in [5.41, 5.74) is 5.81. The topological polar surface area (TPSA) is 102 Å². The molecule has 0 aromatic carbocycles. The molecule has 0 unspecified atom stereocenters. The molecule has 104 valence electrons. The van der Waals surface area contributed by atoms with Crippen molar-refractivity contribution in [3.63, 3.8) is 0 Å². The minimum Gasteiger partial charge on any atom is -0.391 e. The van der Waals surface area contributed by atoms with Gasteiger partial charge in [0.1, 0.15) is 0 Å². The Bertz CT molecular complexity index is 981. The molecule has 4 heterocycles. The van der Waals surface area contributed by atoms with Crippen molar-refractivity contribution in [2.24, 2.45) is 0 Å². The number of H-pyrrole nitrogens is 1. The van der Waals surface area contributed by atoms with Gasteiger partial charge in [-0.2, -0.15) is 9.61 Å². The molecule has 9 heteroatoms. The third-order valence-corrected chi connectivity index (χ3v) is 4.67. The van der Waals surface area contributed by atoms with E-state index in [1.165, 1.54) is 27.2 Å². The third kappa shape index (κ3) is 1.94. The lowest BCUT2D eigenvalue weighted by atomic mass is 10.4. The monoisotopic (exact) mass is 316 g/mol. The highest BCUT2D eigenvalue weighted by Crippen LogP contribution is 2.28. The van der Waals surface area contributed by atoms with Crippen LogP contribution in [0.15, 0.2) is 34.4 Å². The van der Waals surface area contributed by atoms with Gasteiger partial charge in [-0.05, 0) is 23.6 Å². The SMILES string of the molecule is Nc1ccc(-c2nnc3[nH]c(=O)c(-c4cccs4)nn23)s1.